The van der Waals surface area contributed by atoms with Gasteiger partial charge in [0.05, 0.1) is 10.4 Å². The van der Waals surface area contributed by atoms with Gasteiger partial charge in [0.1, 0.15) is 16.9 Å². The molecule has 1 aliphatic rings. The second-order valence-electron chi connectivity index (χ2n) is 7.51. The van der Waals surface area contributed by atoms with Crippen molar-refractivity contribution in [2.24, 2.45) is 0 Å². The zero-order valence-electron chi connectivity index (χ0n) is 16.1. The van der Waals surface area contributed by atoms with Gasteiger partial charge in [0.25, 0.3) is 0 Å². The first-order valence-corrected chi connectivity index (χ1v) is 11.9. The highest BCUT2D eigenvalue weighted by atomic mass is 127. The summed E-state index contributed by atoms with van der Waals surface area (Å²) < 4.78 is 77.3. The minimum atomic E-state index is -4.44. The molecule has 2 aromatic carbocycles. The Morgan fingerprint density at radius 2 is 1.94 bits per heavy atom. The molecule has 7 nitrogen and oxygen atoms in total. The molecule has 0 N–H and O–H groups in total. The van der Waals surface area contributed by atoms with Crippen molar-refractivity contribution in [3.63, 3.8) is 0 Å². The number of aromatic nitrogens is 3. The Bertz CT molecular complexity index is 1620. The van der Waals surface area contributed by atoms with E-state index < -0.39 is 65.7 Å². The van der Waals surface area contributed by atoms with Gasteiger partial charge >= 0.3 is 5.69 Å². The van der Waals surface area contributed by atoms with Gasteiger partial charge in [-0.15, -0.1) is 6.58 Å². The minimum Gasteiger partial charge on any atom is -0.441 e. The SMILES string of the molecule is C=CCC1(S(=O)(=O)n2c(=O)n(-c3ccc(I)cc3F)c3c(F)c(F)c4ncoc4c32)CC1. The predicted molar refractivity (Wildman–Crippen MR) is 119 cm³/mol. The van der Waals surface area contributed by atoms with Crippen LogP contribution < -0.4 is 5.69 Å². The third-order valence-electron chi connectivity index (χ3n) is 5.67. The van der Waals surface area contributed by atoms with Crippen LogP contribution in [0.4, 0.5) is 13.2 Å². The third-order valence-corrected chi connectivity index (χ3v) is 8.83. The van der Waals surface area contributed by atoms with Gasteiger partial charge in [0.15, 0.2) is 29.1 Å². The predicted octanol–water partition coefficient (Wildman–Crippen LogP) is 4.24. The fourth-order valence-corrected chi connectivity index (χ4v) is 6.42. The van der Waals surface area contributed by atoms with E-state index in [2.05, 4.69) is 11.6 Å². The summed E-state index contributed by atoms with van der Waals surface area (Å²) in [5, 5.41) is 0. The average molecular weight is 575 g/mol. The quantitative estimate of drug-likeness (QED) is 0.263. The lowest BCUT2D eigenvalue weighted by Crippen LogP contribution is -2.37. The van der Waals surface area contributed by atoms with Crippen molar-refractivity contribution in [2.45, 2.75) is 24.0 Å². The highest BCUT2D eigenvalue weighted by Crippen LogP contribution is 2.48. The number of allylic oxidation sites excluding steroid dienone is 1. The molecule has 0 saturated heterocycles. The van der Waals surface area contributed by atoms with Crippen LogP contribution in [0.1, 0.15) is 19.3 Å². The fraction of sp³-hybridized carbons (Fsp3) is 0.200. The lowest BCUT2D eigenvalue weighted by Gasteiger charge is -2.15. The summed E-state index contributed by atoms with van der Waals surface area (Å²) in [5.74, 6) is -3.90. The number of nitrogens with zero attached hydrogens (tertiary/aromatic N) is 3. The lowest BCUT2D eigenvalue weighted by atomic mass is 10.2. The molecule has 1 fully saturated rings. The number of fused-ring (bicyclic) bond motifs is 3. The summed E-state index contributed by atoms with van der Waals surface area (Å²) in [6.45, 7) is 3.57. The van der Waals surface area contributed by atoms with Crippen LogP contribution in [0.2, 0.25) is 0 Å². The van der Waals surface area contributed by atoms with Crippen LogP contribution in [0.3, 0.4) is 0 Å². The Balaban J connectivity index is 2.02. The zero-order valence-corrected chi connectivity index (χ0v) is 19.1. The van der Waals surface area contributed by atoms with E-state index in [0.717, 1.165) is 12.5 Å². The second-order valence-corrected chi connectivity index (χ2v) is 10.9. The topological polar surface area (TPSA) is 87.1 Å². The molecule has 0 atom stereocenters. The molecule has 4 aromatic rings. The number of halogens is 4. The zero-order chi connectivity index (χ0) is 23.0. The molecule has 0 radical (unpaired) electrons. The Morgan fingerprint density at radius 1 is 1.22 bits per heavy atom. The van der Waals surface area contributed by atoms with Crippen LogP contribution >= 0.6 is 22.6 Å². The van der Waals surface area contributed by atoms with Crippen molar-refractivity contribution in [3.05, 3.63) is 68.8 Å². The van der Waals surface area contributed by atoms with Crippen molar-refractivity contribution in [3.8, 4) is 5.69 Å². The van der Waals surface area contributed by atoms with Crippen LogP contribution in [-0.4, -0.2) is 26.7 Å². The highest BCUT2D eigenvalue weighted by Gasteiger charge is 2.56. The van der Waals surface area contributed by atoms with Crippen LogP contribution in [-0.2, 0) is 10.0 Å². The first kappa shape index (κ1) is 21.2. The molecule has 5 rings (SSSR count). The maximum atomic E-state index is 15.2. The number of hydrogen-bond donors (Lipinski definition) is 0. The van der Waals surface area contributed by atoms with Gasteiger partial charge in [-0.25, -0.2) is 31.4 Å². The molecule has 1 aliphatic carbocycles. The van der Waals surface area contributed by atoms with Gasteiger partial charge in [0, 0.05) is 3.57 Å². The van der Waals surface area contributed by atoms with E-state index >= 15 is 4.39 Å². The summed E-state index contributed by atoms with van der Waals surface area (Å²) in [5.41, 5.74) is -3.99. The van der Waals surface area contributed by atoms with Crippen molar-refractivity contribution >= 4 is 54.7 Å². The summed E-state index contributed by atoms with van der Waals surface area (Å²) >= 11 is 1.84. The molecule has 2 aromatic heterocycles. The smallest absolute Gasteiger partial charge is 0.348 e. The Kier molecular flexibility index (Phi) is 4.61. The molecule has 1 saturated carbocycles. The number of rotatable bonds is 5. The fourth-order valence-electron chi connectivity index (χ4n) is 3.94. The van der Waals surface area contributed by atoms with Gasteiger partial charge in [-0.2, -0.15) is 3.97 Å². The summed E-state index contributed by atoms with van der Waals surface area (Å²) in [7, 11) is -4.44. The molecule has 166 valence electrons. The first-order chi connectivity index (χ1) is 15.1. The molecule has 0 unspecified atom stereocenters. The summed E-state index contributed by atoms with van der Waals surface area (Å²) in [6, 6.07) is 3.72. The van der Waals surface area contributed by atoms with Gasteiger partial charge in [-0.3, -0.25) is 4.57 Å². The summed E-state index contributed by atoms with van der Waals surface area (Å²) in [6.07, 6.45) is 2.78. The monoisotopic (exact) mass is 575 g/mol. The average Bonchev–Trinajstić information content (AvgIpc) is 3.25. The third kappa shape index (κ3) is 2.68. The van der Waals surface area contributed by atoms with Crippen molar-refractivity contribution in [1.29, 1.82) is 0 Å². The van der Waals surface area contributed by atoms with Crippen LogP contribution in [0.25, 0.3) is 27.8 Å². The van der Waals surface area contributed by atoms with Gasteiger partial charge in [-0.05, 0) is 60.1 Å². The molecular formula is C20H13F3IN3O4S. The normalized spacial score (nSPS) is 15.5. The van der Waals surface area contributed by atoms with E-state index in [9.17, 15) is 22.0 Å². The Labute approximate surface area is 192 Å². The van der Waals surface area contributed by atoms with Crippen molar-refractivity contribution < 1.29 is 26.0 Å². The maximum Gasteiger partial charge on any atom is 0.348 e. The first-order valence-electron chi connectivity index (χ1n) is 9.33. The van der Waals surface area contributed by atoms with Crippen LogP contribution in [0.15, 0.2) is 46.5 Å². The molecule has 0 spiro atoms. The maximum absolute atomic E-state index is 15.2. The van der Waals surface area contributed by atoms with E-state index in [1.165, 1.54) is 18.2 Å². The van der Waals surface area contributed by atoms with Crippen molar-refractivity contribution in [2.75, 3.05) is 0 Å². The molecular weight excluding hydrogens is 562 g/mol. The van der Waals surface area contributed by atoms with E-state index in [1.807, 2.05) is 22.6 Å². The van der Waals surface area contributed by atoms with Gasteiger partial charge < -0.3 is 4.42 Å². The highest BCUT2D eigenvalue weighted by molar-refractivity contribution is 14.1. The minimum absolute atomic E-state index is 0.0512. The number of oxazole rings is 1. The molecule has 0 aliphatic heterocycles. The summed E-state index contributed by atoms with van der Waals surface area (Å²) in [4.78, 5) is 17.1. The van der Waals surface area contributed by atoms with Crippen molar-refractivity contribution in [1.82, 2.24) is 13.5 Å². The molecule has 12 heteroatoms. The molecule has 32 heavy (non-hydrogen) atoms. The van der Waals surface area contributed by atoms with Crippen LogP contribution in [0.5, 0.6) is 0 Å². The van der Waals surface area contributed by atoms with E-state index in [4.69, 9.17) is 4.42 Å². The number of benzene rings is 2. The molecule has 0 bridgehead atoms. The largest absolute Gasteiger partial charge is 0.441 e. The van der Waals surface area contributed by atoms with Gasteiger partial charge in [0.2, 0.25) is 10.0 Å². The number of hydrogen-bond acceptors (Lipinski definition) is 5. The standard InChI is InChI=1S/C20H13F3IN3O4S/c1-2-5-20(6-7-20)32(29,30)27-17-16(14(23)13(22)15-18(17)31-9-25-15)26(19(27)28)12-4-3-10(24)8-11(12)21/h2-4,8-9H,1,5-7H2. The van der Waals surface area contributed by atoms with E-state index in [-0.39, 0.29) is 19.3 Å². The van der Waals surface area contributed by atoms with E-state index in [1.54, 1.807) is 0 Å². The molecule has 2 heterocycles. The Hall–Kier alpha value is -2.61. The lowest BCUT2D eigenvalue weighted by molar-refractivity contribution is 0.519. The van der Waals surface area contributed by atoms with Gasteiger partial charge in [-0.1, -0.05) is 6.08 Å². The van der Waals surface area contributed by atoms with E-state index in [0.29, 0.717) is 12.1 Å². The van der Waals surface area contributed by atoms with Crippen LogP contribution in [0, 0.1) is 21.0 Å². The Morgan fingerprint density at radius 3 is 2.56 bits per heavy atom. The number of imidazole rings is 1. The molecule has 0 amide bonds. The second kappa shape index (κ2) is 6.94.